The van der Waals surface area contributed by atoms with Gasteiger partial charge in [-0.3, -0.25) is 0 Å². The molecule has 3 aromatic rings. The van der Waals surface area contributed by atoms with Crippen molar-refractivity contribution < 1.29 is 18.0 Å². The Labute approximate surface area is 204 Å². The maximum atomic E-state index is 13.1. The fourth-order valence-corrected chi connectivity index (χ4v) is 5.64. The number of aromatic amines is 1. The number of benzene rings is 1. The van der Waals surface area contributed by atoms with Gasteiger partial charge in [-0.2, -0.15) is 18.4 Å². The minimum atomic E-state index is -4.60. The lowest BCUT2D eigenvalue weighted by Gasteiger charge is -2.29. The molecule has 2 N–H and O–H groups in total. The molecule has 7 nitrogen and oxygen atoms in total. The van der Waals surface area contributed by atoms with Gasteiger partial charge in [0.1, 0.15) is 11.7 Å². The lowest BCUT2D eigenvalue weighted by Crippen LogP contribution is -2.36. The molecule has 1 aliphatic carbocycles. The van der Waals surface area contributed by atoms with Gasteiger partial charge in [0.25, 0.3) is 0 Å². The van der Waals surface area contributed by atoms with Gasteiger partial charge in [0.2, 0.25) is 0 Å². The number of aromatic nitrogens is 2. The van der Waals surface area contributed by atoms with Crippen LogP contribution in [0.2, 0.25) is 5.02 Å². The Balaban J connectivity index is 1.25. The molecule has 1 aliphatic heterocycles. The second-order valence-electron chi connectivity index (χ2n) is 9.16. The Bertz CT molecular complexity index is 1320. The predicted molar refractivity (Wildman–Crippen MR) is 126 cm³/mol. The zero-order chi connectivity index (χ0) is 24.9. The Morgan fingerprint density at radius 2 is 2.00 bits per heavy atom. The third-order valence-corrected chi connectivity index (χ3v) is 7.44. The number of anilines is 2. The highest BCUT2D eigenvalue weighted by atomic mass is 35.5. The van der Waals surface area contributed by atoms with Crippen LogP contribution in [0.5, 0.6) is 0 Å². The molecule has 2 amide bonds. The van der Waals surface area contributed by atoms with E-state index in [4.69, 9.17) is 11.6 Å². The summed E-state index contributed by atoms with van der Waals surface area (Å²) in [5, 5.41) is 12.7. The van der Waals surface area contributed by atoms with Crippen molar-refractivity contribution in [1.82, 2.24) is 14.9 Å². The van der Waals surface area contributed by atoms with Crippen molar-refractivity contribution >= 4 is 40.0 Å². The molecule has 1 unspecified atom stereocenters. The zero-order valence-corrected chi connectivity index (χ0v) is 19.5. The smallest absolute Gasteiger partial charge is 0.370 e. The molecule has 0 bridgehead atoms. The standard InChI is InChI=1S/C24H22ClF3N6O/c1-33(21-15(9-29)10-31-22-18(21)4-5-30-22)17-6-13-11-34(12-14(13)7-17)23(35)32-16-2-3-20(25)19(8-16)24(26,27)28/h2-5,8,10,13-14,17H,6-7,11-12H2,1H3,(H,30,31)(H,32,35)/t13-,14+,17?. The molecule has 5 rings (SSSR count). The average molecular weight is 503 g/mol. The maximum Gasteiger partial charge on any atom is 0.417 e. The maximum absolute atomic E-state index is 13.1. The molecule has 35 heavy (non-hydrogen) atoms. The first-order valence-corrected chi connectivity index (χ1v) is 11.5. The molecule has 0 radical (unpaired) electrons. The number of fused-ring (bicyclic) bond motifs is 2. The van der Waals surface area contributed by atoms with Crippen molar-refractivity contribution in [1.29, 1.82) is 5.26 Å². The monoisotopic (exact) mass is 502 g/mol. The molecule has 3 atom stereocenters. The summed E-state index contributed by atoms with van der Waals surface area (Å²) < 4.78 is 39.4. The van der Waals surface area contributed by atoms with Crippen LogP contribution < -0.4 is 10.2 Å². The van der Waals surface area contributed by atoms with Crippen molar-refractivity contribution in [2.75, 3.05) is 30.4 Å². The van der Waals surface area contributed by atoms with Crippen molar-refractivity contribution in [2.45, 2.75) is 25.1 Å². The van der Waals surface area contributed by atoms with Crippen molar-refractivity contribution in [3.63, 3.8) is 0 Å². The van der Waals surface area contributed by atoms with Crippen LogP contribution in [0.3, 0.4) is 0 Å². The highest BCUT2D eigenvalue weighted by molar-refractivity contribution is 6.31. The van der Waals surface area contributed by atoms with Crippen LogP contribution in [0.1, 0.15) is 24.0 Å². The van der Waals surface area contributed by atoms with Gasteiger partial charge >= 0.3 is 12.2 Å². The van der Waals surface area contributed by atoms with Gasteiger partial charge in [0.05, 0.1) is 21.8 Å². The third kappa shape index (κ3) is 4.25. The summed E-state index contributed by atoms with van der Waals surface area (Å²) in [5.74, 6) is 0.552. The zero-order valence-electron chi connectivity index (χ0n) is 18.7. The normalized spacial score (nSPS) is 21.7. The fourth-order valence-electron chi connectivity index (χ4n) is 5.41. The number of H-pyrrole nitrogens is 1. The largest absolute Gasteiger partial charge is 0.417 e. The van der Waals surface area contributed by atoms with Gasteiger partial charge in [-0.1, -0.05) is 11.6 Å². The number of urea groups is 1. The second kappa shape index (κ2) is 8.64. The van der Waals surface area contributed by atoms with Crippen LogP contribution in [0, 0.1) is 23.2 Å². The number of nitrogens with one attached hydrogen (secondary N) is 2. The summed E-state index contributed by atoms with van der Waals surface area (Å²) in [5.41, 5.74) is 1.16. The van der Waals surface area contributed by atoms with E-state index in [1.165, 1.54) is 6.07 Å². The number of nitriles is 1. The van der Waals surface area contributed by atoms with E-state index in [-0.39, 0.29) is 23.6 Å². The number of rotatable bonds is 3. The van der Waals surface area contributed by atoms with E-state index in [2.05, 4.69) is 26.3 Å². The SMILES string of the molecule is CN(c1c(C#N)cnc2[nH]ccc12)C1C[C@@H]2CN(C(=O)Nc3ccc(Cl)c(C(F)(F)F)c3)C[C@@H]2C1. The molecule has 2 fully saturated rings. The molecule has 1 aromatic carbocycles. The number of alkyl halides is 3. The van der Waals surface area contributed by atoms with Gasteiger partial charge in [-0.05, 0) is 48.9 Å². The summed E-state index contributed by atoms with van der Waals surface area (Å²) in [7, 11) is 1.98. The molecule has 0 spiro atoms. The Morgan fingerprint density at radius 1 is 1.29 bits per heavy atom. The molecule has 1 saturated carbocycles. The van der Waals surface area contributed by atoms with E-state index >= 15 is 0 Å². The van der Waals surface area contributed by atoms with E-state index < -0.39 is 22.8 Å². The Hall–Kier alpha value is -3.45. The minimum Gasteiger partial charge on any atom is -0.370 e. The van der Waals surface area contributed by atoms with Crippen molar-refractivity contribution in [2.24, 2.45) is 11.8 Å². The van der Waals surface area contributed by atoms with Gasteiger partial charge in [-0.25, -0.2) is 9.78 Å². The average Bonchev–Trinajstić information content (AvgIpc) is 3.53. The fraction of sp³-hybridized carbons (Fsp3) is 0.375. The number of carbonyl (C=O) groups is 1. The molecular formula is C24H22ClF3N6O. The number of likely N-dealkylation sites (tertiary alicyclic amines) is 1. The number of hydrogen-bond acceptors (Lipinski definition) is 4. The van der Waals surface area contributed by atoms with Crippen LogP contribution in [0.4, 0.5) is 29.3 Å². The first-order chi connectivity index (χ1) is 16.7. The van der Waals surface area contributed by atoms with E-state index in [1.807, 2.05) is 13.1 Å². The summed E-state index contributed by atoms with van der Waals surface area (Å²) in [4.78, 5) is 24.0. The molecule has 2 aliphatic rings. The highest BCUT2D eigenvalue weighted by Gasteiger charge is 2.44. The molecule has 3 heterocycles. The molecular weight excluding hydrogens is 481 g/mol. The van der Waals surface area contributed by atoms with Crippen LogP contribution >= 0.6 is 11.6 Å². The molecule has 2 aromatic heterocycles. The summed E-state index contributed by atoms with van der Waals surface area (Å²) in [6.45, 7) is 1.06. The van der Waals surface area contributed by atoms with Crippen LogP contribution in [-0.2, 0) is 6.18 Å². The van der Waals surface area contributed by atoms with Crippen molar-refractivity contribution in [3.05, 3.63) is 52.8 Å². The van der Waals surface area contributed by atoms with Gasteiger partial charge in [0, 0.05) is 49.6 Å². The van der Waals surface area contributed by atoms with Gasteiger partial charge in [-0.15, -0.1) is 0 Å². The predicted octanol–water partition coefficient (Wildman–Crippen LogP) is 5.49. The van der Waals surface area contributed by atoms with Gasteiger partial charge in [0.15, 0.2) is 0 Å². The minimum absolute atomic E-state index is 0.0543. The number of halogens is 4. The number of carbonyl (C=O) groups excluding carboxylic acids is 1. The Morgan fingerprint density at radius 3 is 2.66 bits per heavy atom. The molecule has 1 saturated heterocycles. The lowest BCUT2D eigenvalue weighted by atomic mass is 10.0. The number of hydrogen-bond donors (Lipinski definition) is 2. The third-order valence-electron chi connectivity index (χ3n) is 7.12. The number of amides is 2. The first-order valence-electron chi connectivity index (χ1n) is 11.2. The van der Waals surface area contributed by atoms with E-state index in [1.54, 1.807) is 17.3 Å². The van der Waals surface area contributed by atoms with E-state index in [0.29, 0.717) is 18.7 Å². The highest BCUT2D eigenvalue weighted by Crippen LogP contribution is 2.43. The van der Waals surface area contributed by atoms with Crippen molar-refractivity contribution in [3.8, 4) is 6.07 Å². The van der Waals surface area contributed by atoms with E-state index in [9.17, 15) is 23.2 Å². The number of nitrogens with zero attached hydrogens (tertiary/aromatic N) is 4. The summed E-state index contributed by atoms with van der Waals surface area (Å²) in [6.07, 6.45) is 0.476. The summed E-state index contributed by atoms with van der Waals surface area (Å²) in [6, 6.07) is 7.28. The Kier molecular flexibility index (Phi) is 5.75. The summed E-state index contributed by atoms with van der Waals surface area (Å²) >= 11 is 5.67. The second-order valence-corrected chi connectivity index (χ2v) is 9.56. The molecule has 11 heteroatoms. The molecule has 182 valence electrons. The first kappa shape index (κ1) is 23.3. The topological polar surface area (TPSA) is 88.1 Å². The lowest BCUT2D eigenvalue weighted by molar-refractivity contribution is -0.137. The number of pyridine rings is 1. The quantitative estimate of drug-likeness (QED) is 0.496. The van der Waals surface area contributed by atoms with Crippen LogP contribution in [0.15, 0.2) is 36.7 Å². The van der Waals surface area contributed by atoms with Crippen LogP contribution in [-0.4, -0.2) is 47.1 Å². The van der Waals surface area contributed by atoms with Gasteiger partial charge < -0.3 is 20.1 Å². The van der Waals surface area contributed by atoms with Crippen LogP contribution in [0.25, 0.3) is 11.0 Å². The van der Waals surface area contributed by atoms with E-state index in [0.717, 1.165) is 41.7 Å².